The lowest BCUT2D eigenvalue weighted by Crippen LogP contribution is -2.22. The van der Waals surface area contributed by atoms with E-state index in [0.29, 0.717) is 12.1 Å². The second-order valence-electron chi connectivity index (χ2n) is 4.79. The lowest BCUT2D eigenvalue weighted by Gasteiger charge is -2.08. The molecule has 0 aliphatic heterocycles. The lowest BCUT2D eigenvalue weighted by molar-refractivity contribution is 0.199. The highest BCUT2D eigenvalue weighted by Gasteiger charge is 2.14. The Labute approximate surface area is 129 Å². The number of aliphatic hydroxyl groups excluding tert-OH is 1. The van der Waals surface area contributed by atoms with Crippen LogP contribution in [0, 0.1) is 0 Å². The quantitative estimate of drug-likeness (QED) is 0.858. The summed E-state index contributed by atoms with van der Waals surface area (Å²) in [6.07, 6.45) is 0.353. The van der Waals surface area contributed by atoms with Crippen LogP contribution in [0.3, 0.4) is 0 Å². The fourth-order valence-electron chi connectivity index (χ4n) is 1.88. The summed E-state index contributed by atoms with van der Waals surface area (Å²) < 4.78 is 27.0. The summed E-state index contributed by atoms with van der Waals surface area (Å²) in [4.78, 5) is 2.45. The van der Waals surface area contributed by atoms with Crippen molar-refractivity contribution in [1.29, 1.82) is 0 Å². The number of benzene rings is 1. The molecule has 0 saturated carbocycles. The molecule has 114 valence electrons. The van der Waals surface area contributed by atoms with Crippen LogP contribution in [0.25, 0.3) is 0 Å². The van der Waals surface area contributed by atoms with Crippen molar-refractivity contribution in [1.82, 2.24) is 4.72 Å². The maximum Gasteiger partial charge on any atom is 0.240 e. The van der Waals surface area contributed by atoms with E-state index >= 15 is 0 Å². The van der Waals surface area contributed by atoms with Crippen LogP contribution < -0.4 is 4.72 Å². The van der Waals surface area contributed by atoms with E-state index in [1.165, 1.54) is 17.0 Å². The number of nitrogens with one attached hydrogen (secondary N) is 1. The highest BCUT2D eigenvalue weighted by molar-refractivity contribution is 7.89. The van der Waals surface area contributed by atoms with E-state index in [9.17, 15) is 13.5 Å². The molecule has 0 radical (unpaired) electrons. The summed E-state index contributed by atoms with van der Waals surface area (Å²) in [5, 5.41) is 9.43. The average Bonchev–Trinajstić information content (AvgIpc) is 2.93. The summed E-state index contributed by atoms with van der Waals surface area (Å²) in [7, 11) is -3.52. The molecule has 2 aromatic rings. The van der Waals surface area contributed by atoms with Gasteiger partial charge in [0.15, 0.2) is 0 Å². The van der Waals surface area contributed by atoms with Crippen LogP contribution in [-0.4, -0.2) is 13.5 Å². The third kappa shape index (κ3) is 4.14. The van der Waals surface area contributed by atoms with Gasteiger partial charge in [-0.3, -0.25) is 0 Å². The first-order valence-electron chi connectivity index (χ1n) is 6.77. The second-order valence-corrected chi connectivity index (χ2v) is 7.81. The van der Waals surface area contributed by atoms with E-state index in [4.69, 9.17) is 0 Å². The van der Waals surface area contributed by atoms with Crippen molar-refractivity contribution in [2.45, 2.75) is 37.8 Å². The van der Waals surface area contributed by atoms with Gasteiger partial charge in [0.25, 0.3) is 0 Å². The van der Waals surface area contributed by atoms with Gasteiger partial charge in [-0.05, 0) is 43.2 Å². The molecule has 21 heavy (non-hydrogen) atoms. The summed E-state index contributed by atoms with van der Waals surface area (Å²) >= 11 is 1.62. The van der Waals surface area contributed by atoms with Crippen LogP contribution >= 0.6 is 11.3 Å². The van der Waals surface area contributed by atoms with E-state index in [1.807, 2.05) is 12.1 Å². The molecule has 2 rings (SSSR count). The summed E-state index contributed by atoms with van der Waals surface area (Å²) in [5.41, 5.74) is 0.694. The monoisotopic (exact) mass is 325 g/mol. The van der Waals surface area contributed by atoms with Crippen molar-refractivity contribution in [2.75, 3.05) is 0 Å². The Morgan fingerprint density at radius 1 is 1.14 bits per heavy atom. The van der Waals surface area contributed by atoms with Crippen LogP contribution in [0.1, 0.15) is 35.3 Å². The zero-order chi connectivity index (χ0) is 15.5. The van der Waals surface area contributed by atoms with Crippen molar-refractivity contribution in [3.05, 3.63) is 51.7 Å². The van der Waals surface area contributed by atoms with Crippen molar-refractivity contribution in [2.24, 2.45) is 0 Å². The Bertz CT molecular complexity index is 688. The van der Waals surface area contributed by atoms with Gasteiger partial charge >= 0.3 is 0 Å². The lowest BCUT2D eigenvalue weighted by atomic mass is 10.1. The Balaban J connectivity index is 2.07. The van der Waals surface area contributed by atoms with Crippen molar-refractivity contribution < 1.29 is 13.5 Å². The van der Waals surface area contributed by atoms with Gasteiger partial charge in [-0.2, -0.15) is 0 Å². The van der Waals surface area contributed by atoms with Crippen LogP contribution in [0.15, 0.2) is 41.3 Å². The second kappa shape index (κ2) is 6.70. The Kier molecular flexibility index (Phi) is 5.16. The van der Waals surface area contributed by atoms with E-state index < -0.39 is 16.1 Å². The van der Waals surface area contributed by atoms with Gasteiger partial charge in [0, 0.05) is 16.3 Å². The first-order valence-corrected chi connectivity index (χ1v) is 9.07. The van der Waals surface area contributed by atoms with Crippen molar-refractivity contribution in [3.63, 3.8) is 0 Å². The molecule has 6 heteroatoms. The largest absolute Gasteiger partial charge is 0.389 e. The minimum absolute atomic E-state index is 0.208. The van der Waals surface area contributed by atoms with Crippen LogP contribution in [-0.2, 0) is 23.0 Å². The number of rotatable bonds is 6. The third-order valence-corrected chi connectivity index (χ3v) is 5.82. The number of hydrogen-bond donors (Lipinski definition) is 2. The molecule has 1 atom stereocenters. The van der Waals surface area contributed by atoms with Gasteiger partial charge in [0.05, 0.1) is 11.0 Å². The third-order valence-electron chi connectivity index (χ3n) is 3.17. The van der Waals surface area contributed by atoms with Gasteiger partial charge in [-0.25, -0.2) is 13.1 Å². The van der Waals surface area contributed by atoms with Gasteiger partial charge in [-0.15, -0.1) is 11.3 Å². The fourth-order valence-corrected chi connectivity index (χ4v) is 3.88. The zero-order valence-corrected chi connectivity index (χ0v) is 13.7. The summed E-state index contributed by atoms with van der Waals surface area (Å²) in [5.74, 6) is 0. The Hall–Kier alpha value is -1.21. The van der Waals surface area contributed by atoms with E-state index in [1.54, 1.807) is 30.4 Å². The molecule has 1 aromatic heterocycles. The van der Waals surface area contributed by atoms with E-state index in [-0.39, 0.29) is 4.90 Å². The molecule has 0 saturated heterocycles. The molecule has 0 spiro atoms. The van der Waals surface area contributed by atoms with Crippen molar-refractivity contribution >= 4 is 21.4 Å². The van der Waals surface area contributed by atoms with Crippen LogP contribution in [0.4, 0.5) is 0 Å². The zero-order valence-electron chi connectivity index (χ0n) is 12.0. The van der Waals surface area contributed by atoms with Crippen molar-refractivity contribution in [3.8, 4) is 0 Å². The normalized spacial score (nSPS) is 13.3. The summed E-state index contributed by atoms with van der Waals surface area (Å²) in [6, 6.07) is 10.2. The minimum Gasteiger partial charge on any atom is -0.389 e. The molecular weight excluding hydrogens is 306 g/mol. The molecule has 0 amide bonds. The molecule has 4 nitrogen and oxygen atoms in total. The maximum absolute atomic E-state index is 12.2. The molecule has 0 fully saturated rings. The standard InChI is InChI=1S/C15H19NO3S2/c1-3-13-6-7-14(20-13)10-16-21(18,19)15-8-4-12(5-9-15)11(2)17/h4-9,11,16-17H,3,10H2,1-2H3. The smallest absolute Gasteiger partial charge is 0.240 e. The average molecular weight is 325 g/mol. The fraction of sp³-hybridized carbons (Fsp3) is 0.333. The van der Waals surface area contributed by atoms with E-state index in [2.05, 4.69) is 11.6 Å². The Morgan fingerprint density at radius 3 is 2.29 bits per heavy atom. The van der Waals surface area contributed by atoms with E-state index in [0.717, 1.165) is 11.3 Å². The first-order chi connectivity index (χ1) is 9.92. The molecule has 2 N–H and O–H groups in total. The SMILES string of the molecule is CCc1ccc(CNS(=O)(=O)c2ccc(C(C)O)cc2)s1. The molecule has 1 unspecified atom stereocenters. The minimum atomic E-state index is -3.52. The highest BCUT2D eigenvalue weighted by Crippen LogP contribution is 2.19. The maximum atomic E-state index is 12.2. The molecule has 0 bridgehead atoms. The topological polar surface area (TPSA) is 66.4 Å². The van der Waals surface area contributed by atoms with Gasteiger partial charge in [0.2, 0.25) is 10.0 Å². The molecule has 1 heterocycles. The van der Waals surface area contributed by atoms with Gasteiger partial charge < -0.3 is 5.11 Å². The molecule has 0 aliphatic rings. The molecular formula is C15H19NO3S2. The number of sulfonamides is 1. The Morgan fingerprint density at radius 2 is 1.76 bits per heavy atom. The molecule has 0 aliphatic carbocycles. The van der Waals surface area contributed by atoms with Crippen LogP contribution in [0.2, 0.25) is 0 Å². The highest BCUT2D eigenvalue weighted by atomic mass is 32.2. The number of aliphatic hydroxyl groups is 1. The number of aryl methyl sites for hydroxylation is 1. The number of thiophene rings is 1. The predicted octanol–water partition coefficient (Wildman–Crippen LogP) is 2.84. The predicted molar refractivity (Wildman–Crippen MR) is 84.8 cm³/mol. The van der Waals surface area contributed by atoms with Gasteiger partial charge in [-0.1, -0.05) is 19.1 Å². The first kappa shape index (κ1) is 16.2. The number of hydrogen-bond acceptors (Lipinski definition) is 4. The molecule has 1 aromatic carbocycles. The summed E-state index contributed by atoms with van der Waals surface area (Å²) in [6.45, 7) is 4.01. The van der Waals surface area contributed by atoms with Gasteiger partial charge in [0.1, 0.15) is 0 Å². The van der Waals surface area contributed by atoms with Crippen LogP contribution in [0.5, 0.6) is 0 Å².